The minimum Gasteiger partial charge on any atom is -0.373 e. The van der Waals surface area contributed by atoms with Crippen LogP contribution in [0.25, 0.3) is 12.3 Å². The van der Waals surface area contributed by atoms with Gasteiger partial charge in [-0.15, -0.1) is 0 Å². The van der Waals surface area contributed by atoms with Gasteiger partial charge in [0.1, 0.15) is 6.61 Å². The van der Waals surface area contributed by atoms with Gasteiger partial charge in [0, 0.05) is 53.1 Å². The number of ketones is 1. The van der Waals surface area contributed by atoms with E-state index in [0.29, 0.717) is 22.6 Å². The zero-order valence-corrected chi connectivity index (χ0v) is 24.7. The number of alkyl halides is 3. The average molecular weight is 591 g/mol. The number of carbonyl (C=O) groups excluding carboxylic acids is 2. The molecule has 0 saturated heterocycles. The van der Waals surface area contributed by atoms with Crippen LogP contribution in [0.4, 0.5) is 13.2 Å². The van der Waals surface area contributed by atoms with E-state index in [2.05, 4.69) is 47.2 Å². The number of benzene rings is 2. The van der Waals surface area contributed by atoms with Gasteiger partial charge in [0.05, 0.1) is 6.61 Å². The number of carbonyl (C=O) groups is 2. The molecule has 2 aromatic rings. The van der Waals surface area contributed by atoms with Crippen LogP contribution in [-0.2, 0) is 4.74 Å². The number of nitrogens with zero attached hydrogens (tertiary/aromatic N) is 1. The van der Waals surface area contributed by atoms with Crippen LogP contribution in [0.3, 0.4) is 0 Å². The lowest BCUT2D eigenvalue weighted by atomic mass is 9.97. The number of halogens is 4. The molecule has 2 unspecified atom stereocenters. The van der Waals surface area contributed by atoms with E-state index < -0.39 is 12.8 Å². The Labute approximate surface area is 244 Å². The van der Waals surface area contributed by atoms with Crippen LogP contribution in [0.15, 0.2) is 48.0 Å². The van der Waals surface area contributed by atoms with Crippen LogP contribution in [0.2, 0.25) is 5.02 Å². The number of hydrogen-bond donors (Lipinski definition) is 1. The SMILES string of the molecule is CCC(/C=C(\C)CC(=O)c1ccc(Cl)cc1)CN1C=c2c(C)c(C(=O)NCCOCC(F)(F)F)ccc2=CCC1C. The maximum Gasteiger partial charge on any atom is 0.411 e. The molecule has 1 aliphatic rings. The Balaban J connectivity index is 1.73. The minimum absolute atomic E-state index is 0.0190. The van der Waals surface area contributed by atoms with Crippen molar-refractivity contribution in [2.45, 2.75) is 59.2 Å². The fourth-order valence-electron chi connectivity index (χ4n) is 4.85. The van der Waals surface area contributed by atoms with Crippen molar-refractivity contribution in [2.24, 2.45) is 5.92 Å². The first kappa shape index (κ1) is 32.4. The first-order chi connectivity index (χ1) is 19.4. The number of allylic oxidation sites excluding steroid dienone is 1. The van der Waals surface area contributed by atoms with E-state index in [1.54, 1.807) is 30.3 Å². The van der Waals surface area contributed by atoms with Crippen LogP contribution in [-0.4, -0.2) is 55.1 Å². The van der Waals surface area contributed by atoms with Crippen LogP contribution in [0.5, 0.6) is 0 Å². The molecule has 0 fully saturated rings. The Morgan fingerprint density at radius 1 is 1.20 bits per heavy atom. The molecule has 2 aromatic carbocycles. The first-order valence-electron chi connectivity index (χ1n) is 13.8. The summed E-state index contributed by atoms with van der Waals surface area (Å²) in [6.07, 6.45) is 4.13. The predicted octanol–water partition coefficient (Wildman–Crippen LogP) is 5.82. The minimum atomic E-state index is -4.40. The normalized spacial score (nSPS) is 16.2. The highest BCUT2D eigenvalue weighted by Crippen LogP contribution is 2.19. The maximum atomic E-state index is 12.8. The van der Waals surface area contributed by atoms with E-state index in [-0.39, 0.29) is 36.8 Å². The summed E-state index contributed by atoms with van der Waals surface area (Å²) in [6, 6.07) is 10.8. The number of rotatable bonds is 12. The lowest BCUT2D eigenvalue weighted by Crippen LogP contribution is -2.36. The highest BCUT2D eigenvalue weighted by molar-refractivity contribution is 6.30. The summed E-state index contributed by atoms with van der Waals surface area (Å²) in [5.74, 6) is -0.0814. The zero-order valence-electron chi connectivity index (χ0n) is 24.0. The monoisotopic (exact) mass is 590 g/mol. The second-order valence-electron chi connectivity index (χ2n) is 10.6. The van der Waals surface area contributed by atoms with Gasteiger partial charge in [-0.05, 0) is 80.6 Å². The Morgan fingerprint density at radius 2 is 1.90 bits per heavy atom. The van der Waals surface area contributed by atoms with Crippen molar-refractivity contribution in [3.63, 3.8) is 0 Å². The van der Waals surface area contributed by atoms with E-state index in [4.69, 9.17) is 11.6 Å². The van der Waals surface area contributed by atoms with Gasteiger partial charge < -0.3 is 15.0 Å². The molecule has 41 heavy (non-hydrogen) atoms. The van der Waals surface area contributed by atoms with Gasteiger partial charge in [-0.3, -0.25) is 9.59 Å². The molecular weight excluding hydrogens is 553 g/mol. The smallest absolute Gasteiger partial charge is 0.373 e. The third-order valence-corrected chi connectivity index (χ3v) is 7.48. The molecule has 1 amide bonds. The van der Waals surface area contributed by atoms with Crippen molar-refractivity contribution in [1.82, 2.24) is 10.2 Å². The fourth-order valence-corrected chi connectivity index (χ4v) is 4.97. The molecule has 0 saturated carbocycles. The van der Waals surface area contributed by atoms with Gasteiger partial charge in [0.25, 0.3) is 5.91 Å². The molecule has 0 spiro atoms. The topological polar surface area (TPSA) is 58.6 Å². The van der Waals surface area contributed by atoms with E-state index >= 15 is 0 Å². The Bertz CT molecular complexity index is 1370. The molecule has 1 heterocycles. The molecule has 1 aliphatic heterocycles. The first-order valence-corrected chi connectivity index (χ1v) is 14.2. The summed E-state index contributed by atoms with van der Waals surface area (Å²) in [7, 11) is 0. The van der Waals surface area contributed by atoms with Crippen molar-refractivity contribution < 1.29 is 27.5 Å². The number of hydrogen-bond acceptors (Lipinski definition) is 4. The van der Waals surface area contributed by atoms with E-state index in [9.17, 15) is 22.8 Å². The van der Waals surface area contributed by atoms with Crippen molar-refractivity contribution in [2.75, 3.05) is 26.3 Å². The highest BCUT2D eigenvalue weighted by atomic mass is 35.5. The molecule has 222 valence electrons. The molecule has 0 radical (unpaired) electrons. The van der Waals surface area contributed by atoms with Crippen LogP contribution < -0.4 is 15.8 Å². The third kappa shape index (κ3) is 9.75. The summed E-state index contributed by atoms with van der Waals surface area (Å²) < 4.78 is 41.4. The predicted molar refractivity (Wildman–Crippen MR) is 157 cm³/mol. The molecule has 3 rings (SSSR count). The van der Waals surface area contributed by atoms with Crippen LogP contribution in [0.1, 0.15) is 66.3 Å². The Kier molecular flexibility index (Phi) is 11.6. The van der Waals surface area contributed by atoms with E-state index in [1.807, 2.05) is 19.9 Å². The van der Waals surface area contributed by atoms with Gasteiger partial charge in [0.15, 0.2) is 5.78 Å². The zero-order chi connectivity index (χ0) is 30.2. The third-order valence-electron chi connectivity index (χ3n) is 7.23. The quantitative estimate of drug-likeness (QED) is 0.192. The second kappa shape index (κ2) is 14.7. The van der Waals surface area contributed by atoms with Crippen molar-refractivity contribution in [3.8, 4) is 0 Å². The Hall–Kier alpha value is -3.10. The average Bonchev–Trinajstić information content (AvgIpc) is 3.06. The standard InChI is InChI=1S/C32H38ClF3N2O3/c1-5-24(16-21(2)17-30(39)26-8-11-27(33)12-9-26)18-38-19-29-23(4)28(13-10-25(29)7-6-22(38)3)31(40)37-14-15-41-20-32(34,35)36/h7-13,16,19,22,24H,5-6,14-15,17-18,20H2,1-4H3,(H,37,40)/b21-16+. The molecule has 0 bridgehead atoms. The number of Topliss-reactive ketones (excluding diaryl/α,β-unsaturated/α-hetero) is 1. The van der Waals surface area contributed by atoms with Gasteiger partial charge in [0.2, 0.25) is 0 Å². The number of amides is 1. The van der Waals surface area contributed by atoms with Gasteiger partial charge in [-0.1, -0.05) is 42.3 Å². The number of nitrogens with one attached hydrogen (secondary N) is 1. The summed E-state index contributed by atoms with van der Waals surface area (Å²) in [5.41, 5.74) is 2.93. The largest absolute Gasteiger partial charge is 0.411 e. The fraction of sp³-hybridized carbons (Fsp3) is 0.438. The summed E-state index contributed by atoms with van der Waals surface area (Å²) in [5, 5.41) is 5.23. The van der Waals surface area contributed by atoms with Crippen LogP contribution >= 0.6 is 11.6 Å². The molecular formula is C32H38ClF3N2O3. The highest BCUT2D eigenvalue weighted by Gasteiger charge is 2.27. The van der Waals surface area contributed by atoms with E-state index in [1.165, 1.54) is 0 Å². The van der Waals surface area contributed by atoms with E-state index in [0.717, 1.165) is 41.0 Å². The summed E-state index contributed by atoms with van der Waals surface area (Å²) in [6.45, 7) is 7.33. The lowest BCUT2D eigenvalue weighted by Gasteiger charge is -2.30. The molecule has 5 nitrogen and oxygen atoms in total. The molecule has 9 heteroatoms. The summed E-state index contributed by atoms with van der Waals surface area (Å²) in [4.78, 5) is 27.9. The molecule has 0 aliphatic carbocycles. The second-order valence-corrected chi connectivity index (χ2v) is 11.0. The van der Waals surface area contributed by atoms with Gasteiger partial charge in [-0.2, -0.15) is 13.2 Å². The van der Waals surface area contributed by atoms with Crippen molar-refractivity contribution in [3.05, 3.63) is 80.2 Å². The molecule has 2 atom stereocenters. The van der Waals surface area contributed by atoms with Gasteiger partial charge in [-0.25, -0.2) is 0 Å². The van der Waals surface area contributed by atoms with Gasteiger partial charge >= 0.3 is 6.18 Å². The molecule has 1 N–H and O–H groups in total. The molecule has 0 aromatic heterocycles. The van der Waals surface area contributed by atoms with Crippen molar-refractivity contribution >= 4 is 35.6 Å². The lowest BCUT2D eigenvalue weighted by molar-refractivity contribution is -0.173. The number of ether oxygens (including phenoxy) is 1. The van der Waals surface area contributed by atoms with Crippen LogP contribution in [0, 0.1) is 12.8 Å². The Morgan fingerprint density at radius 3 is 2.56 bits per heavy atom. The number of fused-ring (bicyclic) bond motifs is 1. The summed E-state index contributed by atoms with van der Waals surface area (Å²) >= 11 is 5.95. The van der Waals surface area contributed by atoms with Crippen molar-refractivity contribution in [1.29, 1.82) is 0 Å². The maximum absolute atomic E-state index is 12.8.